The molecule has 2 rings (SSSR count). The zero-order chi connectivity index (χ0) is 13.1. The summed E-state index contributed by atoms with van der Waals surface area (Å²) in [5.74, 6) is 0.470. The first-order valence-corrected chi connectivity index (χ1v) is 6.61. The number of nitrogens with zero attached hydrogens (tertiary/aromatic N) is 1. The lowest BCUT2D eigenvalue weighted by Gasteiger charge is -2.23. The van der Waals surface area contributed by atoms with Crippen molar-refractivity contribution < 1.29 is 9.90 Å². The fourth-order valence-electron chi connectivity index (χ4n) is 2.57. The van der Waals surface area contributed by atoms with Crippen LogP contribution >= 0.6 is 0 Å². The molecule has 0 aromatic heterocycles. The summed E-state index contributed by atoms with van der Waals surface area (Å²) in [5, 5.41) is 9.60. The topological polar surface area (TPSA) is 40.5 Å². The van der Waals surface area contributed by atoms with Gasteiger partial charge in [0.1, 0.15) is 0 Å². The molecule has 0 amide bonds. The predicted octanol–water partition coefficient (Wildman–Crippen LogP) is 1.96. The Balaban J connectivity index is 2.00. The molecule has 1 heterocycles. The molecule has 1 N–H and O–H groups in total. The van der Waals surface area contributed by atoms with Gasteiger partial charge in [-0.3, -0.25) is 9.69 Å². The van der Waals surface area contributed by atoms with Crippen LogP contribution in [0.3, 0.4) is 0 Å². The number of benzene rings is 1. The van der Waals surface area contributed by atoms with Crippen molar-refractivity contribution in [3.05, 3.63) is 35.9 Å². The fourth-order valence-corrected chi connectivity index (χ4v) is 2.57. The lowest BCUT2D eigenvalue weighted by atomic mass is 10.0. The number of aliphatic hydroxyl groups is 1. The van der Waals surface area contributed by atoms with Gasteiger partial charge in [0.2, 0.25) is 0 Å². The minimum atomic E-state index is -0.283. The molecule has 0 aliphatic carbocycles. The molecule has 1 saturated heterocycles. The number of Topliss-reactive ketones (excluding diaryl/α,β-unsaturated/α-hetero) is 1. The van der Waals surface area contributed by atoms with Crippen LogP contribution in [0.25, 0.3) is 0 Å². The van der Waals surface area contributed by atoms with Gasteiger partial charge in [-0.1, -0.05) is 30.3 Å². The van der Waals surface area contributed by atoms with E-state index in [4.69, 9.17) is 0 Å². The summed E-state index contributed by atoms with van der Waals surface area (Å²) in [6.07, 6.45) is 0.693. The second kappa shape index (κ2) is 5.63. The van der Waals surface area contributed by atoms with Crippen molar-refractivity contribution in [2.45, 2.75) is 32.4 Å². The Morgan fingerprint density at radius 3 is 2.56 bits per heavy atom. The van der Waals surface area contributed by atoms with E-state index in [9.17, 15) is 9.90 Å². The van der Waals surface area contributed by atoms with Crippen LogP contribution in [0.5, 0.6) is 0 Å². The van der Waals surface area contributed by atoms with Gasteiger partial charge in [0, 0.05) is 12.1 Å². The van der Waals surface area contributed by atoms with Crippen LogP contribution in [0.15, 0.2) is 30.3 Å². The van der Waals surface area contributed by atoms with Crippen LogP contribution in [0.2, 0.25) is 0 Å². The molecule has 0 spiro atoms. The smallest absolute Gasteiger partial charge is 0.179 e. The highest BCUT2D eigenvalue weighted by Crippen LogP contribution is 2.22. The Morgan fingerprint density at radius 2 is 2.00 bits per heavy atom. The van der Waals surface area contributed by atoms with Crippen LogP contribution in [0.4, 0.5) is 0 Å². The van der Waals surface area contributed by atoms with Gasteiger partial charge >= 0.3 is 0 Å². The molecule has 3 heteroatoms. The molecule has 0 saturated carbocycles. The van der Waals surface area contributed by atoms with Gasteiger partial charge in [0.05, 0.1) is 12.1 Å². The molecule has 3 unspecified atom stereocenters. The Kier molecular flexibility index (Phi) is 4.15. The number of carbonyl (C=O) groups is 1. The number of aliphatic hydroxyl groups excluding tert-OH is 1. The maximum absolute atomic E-state index is 12.3. The summed E-state index contributed by atoms with van der Waals surface area (Å²) < 4.78 is 0. The minimum Gasteiger partial charge on any atom is -0.393 e. The molecule has 98 valence electrons. The predicted molar refractivity (Wildman–Crippen MR) is 71.6 cm³/mol. The van der Waals surface area contributed by atoms with E-state index in [0.717, 1.165) is 25.1 Å². The van der Waals surface area contributed by atoms with Crippen molar-refractivity contribution in [3.63, 3.8) is 0 Å². The highest BCUT2D eigenvalue weighted by molar-refractivity contribution is 5.99. The molecule has 1 aromatic rings. The van der Waals surface area contributed by atoms with E-state index in [0.29, 0.717) is 5.92 Å². The largest absolute Gasteiger partial charge is 0.393 e. The highest BCUT2D eigenvalue weighted by atomic mass is 16.3. The zero-order valence-corrected chi connectivity index (χ0v) is 11.0. The van der Waals surface area contributed by atoms with Gasteiger partial charge in [0.25, 0.3) is 0 Å². The Morgan fingerprint density at radius 1 is 1.33 bits per heavy atom. The third-order valence-electron chi connectivity index (χ3n) is 3.92. The molecule has 18 heavy (non-hydrogen) atoms. The summed E-state index contributed by atoms with van der Waals surface area (Å²) in [6.45, 7) is 5.50. The molecule has 1 aliphatic heterocycles. The summed E-state index contributed by atoms with van der Waals surface area (Å²) >= 11 is 0. The van der Waals surface area contributed by atoms with Crippen LogP contribution in [0.1, 0.15) is 30.6 Å². The van der Waals surface area contributed by atoms with Crippen molar-refractivity contribution in [2.24, 2.45) is 5.92 Å². The van der Waals surface area contributed by atoms with Crippen molar-refractivity contribution in [2.75, 3.05) is 13.1 Å². The van der Waals surface area contributed by atoms with E-state index >= 15 is 0 Å². The van der Waals surface area contributed by atoms with Gasteiger partial charge in [0.15, 0.2) is 5.78 Å². The van der Waals surface area contributed by atoms with E-state index < -0.39 is 0 Å². The SMILES string of the molecule is CC(O)C1CCN(C(C)C(=O)c2ccccc2)C1. The Hall–Kier alpha value is -1.19. The molecule has 3 nitrogen and oxygen atoms in total. The molecule has 0 radical (unpaired) electrons. The molecule has 1 aromatic carbocycles. The minimum absolute atomic E-state index is 0.101. The quantitative estimate of drug-likeness (QED) is 0.827. The first-order chi connectivity index (χ1) is 8.59. The molecule has 0 bridgehead atoms. The van der Waals surface area contributed by atoms with Crippen LogP contribution in [0, 0.1) is 5.92 Å². The van der Waals surface area contributed by atoms with E-state index in [1.165, 1.54) is 0 Å². The summed E-state index contributed by atoms with van der Waals surface area (Å²) in [5.41, 5.74) is 0.769. The highest BCUT2D eigenvalue weighted by Gasteiger charge is 2.31. The second-order valence-corrected chi connectivity index (χ2v) is 5.19. The number of ketones is 1. The standard InChI is InChI=1S/C15H21NO2/c1-11(15(18)13-6-4-3-5-7-13)16-9-8-14(10-16)12(2)17/h3-7,11-12,14,17H,8-10H2,1-2H3. The van der Waals surface area contributed by atoms with Crippen molar-refractivity contribution in [1.29, 1.82) is 0 Å². The Bertz CT molecular complexity index is 402. The number of carbonyl (C=O) groups excluding carboxylic acids is 1. The number of hydrogen-bond acceptors (Lipinski definition) is 3. The molecule has 1 aliphatic rings. The average molecular weight is 247 g/mol. The van der Waals surface area contributed by atoms with Gasteiger partial charge in [-0.15, -0.1) is 0 Å². The summed E-state index contributed by atoms with van der Waals surface area (Å²) in [7, 11) is 0. The number of likely N-dealkylation sites (tertiary alicyclic amines) is 1. The van der Waals surface area contributed by atoms with Gasteiger partial charge in [-0.05, 0) is 32.7 Å². The van der Waals surface area contributed by atoms with Crippen molar-refractivity contribution in [3.8, 4) is 0 Å². The molecular formula is C15H21NO2. The third-order valence-corrected chi connectivity index (χ3v) is 3.92. The first-order valence-electron chi connectivity index (χ1n) is 6.61. The maximum atomic E-state index is 12.3. The average Bonchev–Trinajstić information content (AvgIpc) is 2.88. The third kappa shape index (κ3) is 2.79. The van der Waals surface area contributed by atoms with E-state index in [-0.39, 0.29) is 17.9 Å². The van der Waals surface area contributed by atoms with E-state index in [1.807, 2.05) is 44.2 Å². The Labute approximate surface area is 108 Å². The van der Waals surface area contributed by atoms with E-state index in [1.54, 1.807) is 0 Å². The lowest BCUT2D eigenvalue weighted by Crippen LogP contribution is -2.38. The van der Waals surface area contributed by atoms with Crippen LogP contribution < -0.4 is 0 Å². The summed E-state index contributed by atoms with van der Waals surface area (Å²) in [6, 6.07) is 9.32. The lowest BCUT2D eigenvalue weighted by molar-refractivity contribution is 0.0836. The zero-order valence-electron chi connectivity index (χ0n) is 11.0. The van der Waals surface area contributed by atoms with Gasteiger partial charge in [-0.2, -0.15) is 0 Å². The van der Waals surface area contributed by atoms with Crippen LogP contribution in [-0.4, -0.2) is 41.0 Å². The maximum Gasteiger partial charge on any atom is 0.179 e. The monoisotopic (exact) mass is 247 g/mol. The second-order valence-electron chi connectivity index (χ2n) is 5.19. The van der Waals surface area contributed by atoms with E-state index in [2.05, 4.69) is 4.90 Å². The number of hydrogen-bond donors (Lipinski definition) is 1. The first kappa shape index (κ1) is 13.2. The van der Waals surface area contributed by atoms with Crippen molar-refractivity contribution in [1.82, 2.24) is 4.90 Å². The van der Waals surface area contributed by atoms with Crippen molar-refractivity contribution >= 4 is 5.78 Å². The molecule has 3 atom stereocenters. The molecular weight excluding hydrogens is 226 g/mol. The number of rotatable bonds is 4. The fraction of sp³-hybridized carbons (Fsp3) is 0.533. The van der Waals surface area contributed by atoms with Gasteiger partial charge < -0.3 is 5.11 Å². The van der Waals surface area contributed by atoms with Gasteiger partial charge in [-0.25, -0.2) is 0 Å². The summed E-state index contributed by atoms with van der Waals surface area (Å²) in [4.78, 5) is 14.5. The normalized spacial score (nSPS) is 23.8. The van der Waals surface area contributed by atoms with Crippen LogP contribution in [-0.2, 0) is 0 Å². The molecule has 1 fully saturated rings.